The minimum Gasteiger partial charge on any atom is -0.462 e. The van der Waals surface area contributed by atoms with E-state index >= 15 is 0 Å². The van der Waals surface area contributed by atoms with Crippen LogP contribution in [0.2, 0.25) is 0 Å². The Morgan fingerprint density at radius 3 is 2.05 bits per heavy atom. The summed E-state index contributed by atoms with van der Waals surface area (Å²) in [5, 5.41) is 44.3. The van der Waals surface area contributed by atoms with Crippen LogP contribution in [0.4, 0.5) is 0 Å². The molecular formula is C30H36O8. The van der Waals surface area contributed by atoms with Gasteiger partial charge in [0.25, 0.3) is 0 Å². The lowest BCUT2D eigenvalue weighted by Crippen LogP contribution is -2.74. The molecule has 8 heteroatoms. The van der Waals surface area contributed by atoms with Crippen LogP contribution in [0.1, 0.15) is 23.6 Å². The lowest BCUT2D eigenvalue weighted by Gasteiger charge is -2.52. The highest BCUT2D eigenvalue weighted by atomic mass is 16.8. The number of benzene rings is 3. The first-order valence-electron chi connectivity index (χ1n) is 12.8. The normalized spacial score (nSPS) is 27.2. The van der Waals surface area contributed by atoms with Crippen LogP contribution in [0, 0.1) is 0 Å². The molecule has 8 nitrogen and oxygen atoms in total. The van der Waals surface area contributed by atoms with Crippen molar-refractivity contribution in [2.24, 2.45) is 0 Å². The van der Waals surface area contributed by atoms with Crippen molar-refractivity contribution in [1.29, 1.82) is 0 Å². The third kappa shape index (κ3) is 6.42. The highest BCUT2D eigenvalue weighted by Crippen LogP contribution is 2.40. The SMILES string of the molecule is CCc1ccc(C[C@]2(O)[C@H](Oc3ccccc3)O[C@@](CO)(OCCOCc3ccccc3)[C@@H](O)[C@@H]2O)cc1. The summed E-state index contributed by atoms with van der Waals surface area (Å²) < 4.78 is 23.4. The van der Waals surface area contributed by atoms with Crippen molar-refractivity contribution >= 4 is 0 Å². The van der Waals surface area contributed by atoms with Gasteiger partial charge in [0.1, 0.15) is 24.6 Å². The molecule has 0 amide bonds. The van der Waals surface area contributed by atoms with E-state index in [9.17, 15) is 20.4 Å². The van der Waals surface area contributed by atoms with Crippen molar-refractivity contribution in [3.63, 3.8) is 0 Å². The lowest BCUT2D eigenvalue weighted by atomic mass is 9.80. The van der Waals surface area contributed by atoms with E-state index in [4.69, 9.17) is 18.9 Å². The molecule has 1 saturated heterocycles. The van der Waals surface area contributed by atoms with E-state index in [2.05, 4.69) is 0 Å². The molecule has 1 aliphatic rings. The highest BCUT2D eigenvalue weighted by Gasteiger charge is 2.63. The predicted molar refractivity (Wildman–Crippen MR) is 140 cm³/mol. The molecule has 0 bridgehead atoms. The van der Waals surface area contributed by atoms with Gasteiger partial charge in [-0.25, -0.2) is 0 Å². The molecule has 4 N–H and O–H groups in total. The van der Waals surface area contributed by atoms with E-state index in [-0.39, 0.29) is 19.6 Å². The molecule has 0 unspecified atom stereocenters. The molecular weight excluding hydrogens is 488 g/mol. The zero-order valence-corrected chi connectivity index (χ0v) is 21.5. The predicted octanol–water partition coefficient (Wildman–Crippen LogP) is 2.60. The molecule has 3 aromatic carbocycles. The van der Waals surface area contributed by atoms with Crippen LogP contribution in [-0.2, 0) is 33.7 Å². The van der Waals surface area contributed by atoms with Crippen molar-refractivity contribution in [2.75, 3.05) is 19.8 Å². The Labute approximate surface area is 223 Å². The maximum Gasteiger partial charge on any atom is 0.234 e. The second-order valence-corrected chi connectivity index (χ2v) is 9.47. The van der Waals surface area contributed by atoms with Gasteiger partial charge in [-0.1, -0.05) is 79.7 Å². The number of hydrogen-bond acceptors (Lipinski definition) is 8. The lowest BCUT2D eigenvalue weighted by molar-refractivity contribution is -0.419. The summed E-state index contributed by atoms with van der Waals surface area (Å²) in [6, 6.07) is 25.9. The van der Waals surface area contributed by atoms with Gasteiger partial charge in [0.2, 0.25) is 12.1 Å². The third-order valence-corrected chi connectivity index (χ3v) is 6.79. The molecule has 1 fully saturated rings. The van der Waals surface area contributed by atoms with E-state index in [0.717, 1.165) is 17.5 Å². The number of rotatable bonds is 12. The first-order chi connectivity index (χ1) is 18.4. The largest absolute Gasteiger partial charge is 0.462 e. The van der Waals surface area contributed by atoms with E-state index in [0.29, 0.717) is 17.9 Å². The third-order valence-electron chi connectivity index (χ3n) is 6.79. The Morgan fingerprint density at radius 2 is 1.42 bits per heavy atom. The zero-order valence-electron chi connectivity index (χ0n) is 21.5. The molecule has 0 aliphatic carbocycles. The second-order valence-electron chi connectivity index (χ2n) is 9.47. The maximum absolute atomic E-state index is 11.8. The summed E-state index contributed by atoms with van der Waals surface area (Å²) in [6.45, 7) is 1.70. The van der Waals surface area contributed by atoms with E-state index < -0.39 is 36.5 Å². The molecule has 204 valence electrons. The van der Waals surface area contributed by atoms with Gasteiger partial charge in [-0.15, -0.1) is 0 Å². The molecule has 4 rings (SSSR count). The minimum atomic E-state index is -2.06. The Balaban J connectivity index is 1.52. The van der Waals surface area contributed by atoms with Crippen LogP contribution in [0.15, 0.2) is 84.9 Å². The van der Waals surface area contributed by atoms with Gasteiger partial charge < -0.3 is 39.4 Å². The van der Waals surface area contributed by atoms with Gasteiger partial charge in [-0.2, -0.15) is 0 Å². The standard InChI is InChI=1S/C30H36O8/c1-2-22-13-15-23(16-14-22)19-29(34)26(32)27(33)30(21-31,38-28(29)37-25-11-7-4-8-12-25)36-18-17-35-20-24-9-5-3-6-10-24/h3-16,26-28,31-34H,2,17-21H2,1H3/t26-,27-,28+,29+,30+/m0/s1. The summed E-state index contributed by atoms with van der Waals surface area (Å²) in [4.78, 5) is 0. The maximum atomic E-state index is 11.8. The number of ether oxygens (including phenoxy) is 4. The van der Waals surface area contributed by atoms with Crippen LogP contribution >= 0.6 is 0 Å². The Hall–Kier alpha value is -2.82. The summed E-state index contributed by atoms with van der Waals surface area (Å²) in [7, 11) is 0. The molecule has 0 saturated carbocycles. The zero-order chi connectivity index (χ0) is 27.0. The van der Waals surface area contributed by atoms with Crippen LogP contribution in [-0.4, -0.2) is 70.1 Å². The topological polar surface area (TPSA) is 118 Å². The van der Waals surface area contributed by atoms with Gasteiger partial charge in [0.05, 0.1) is 19.8 Å². The van der Waals surface area contributed by atoms with E-state index in [1.807, 2.05) is 67.6 Å². The van der Waals surface area contributed by atoms with Crippen LogP contribution in [0.3, 0.4) is 0 Å². The first kappa shape index (κ1) is 28.2. The van der Waals surface area contributed by atoms with E-state index in [1.54, 1.807) is 24.3 Å². The average Bonchev–Trinajstić information content (AvgIpc) is 2.96. The van der Waals surface area contributed by atoms with Gasteiger partial charge in [0.15, 0.2) is 5.60 Å². The Kier molecular flexibility index (Phi) is 9.51. The summed E-state index contributed by atoms with van der Waals surface area (Å²) >= 11 is 0. The van der Waals surface area contributed by atoms with Crippen LogP contribution < -0.4 is 4.74 Å². The Bertz CT molecular complexity index is 1110. The molecule has 3 aromatic rings. The number of aliphatic hydroxyl groups excluding tert-OH is 3. The van der Waals surface area contributed by atoms with Crippen molar-refractivity contribution < 1.29 is 39.4 Å². The van der Waals surface area contributed by atoms with E-state index in [1.165, 1.54) is 0 Å². The van der Waals surface area contributed by atoms with Crippen molar-refractivity contribution in [1.82, 2.24) is 0 Å². The van der Waals surface area contributed by atoms with Gasteiger partial charge in [-0.3, -0.25) is 0 Å². The number of hydrogen-bond donors (Lipinski definition) is 4. The van der Waals surface area contributed by atoms with Gasteiger partial charge in [0, 0.05) is 6.42 Å². The van der Waals surface area contributed by atoms with Gasteiger partial charge >= 0.3 is 0 Å². The number of aliphatic hydroxyl groups is 4. The molecule has 0 aromatic heterocycles. The fourth-order valence-electron chi connectivity index (χ4n) is 4.50. The van der Waals surface area contributed by atoms with Gasteiger partial charge in [-0.05, 0) is 35.2 Å². The smallest absolute Gasteiger partial charge is 0.234 e. The first-order valence-corrected chi connectivity index (χ1v) is 12.8. The van der Waals surface area contributed by atoms with Crippen LogP contribution in [0.5, 0.6) is 5.75 Å². The summed E-state index contributed by atoms with van der Waals surface area (Å²) in [5.41, 5.74) is 0.769. The average molecular weight is 525 g/mol. The molecule has 1 heterocycles. The fourth-order valence-corrected chi connectivity index (χ4v) is 4.50. The molecule has 5 atom stereocenters. The second kappa shape index (κ2) is 12.8. The highest BCUT2D eigenvalue weighted by molar-refractivity contribution is 5.26. The summed E-state index contributed by atoms with van der Waals surface area (Å²) in [6.07, 6.45) is -4.24. The quantitative estimate of drug-likeness (QED) is 0.267. The fraction of sp³-hybridized carbons (Fsp3) is 0.400. The van der Waals surface area contributed by atoms with Crippen molar-refractivity contribution in [2.45, 2.75) is 56.3 Å². The van der Waals surface area contributed by atoms with Crippen molar-refractivity contribution in [3.05, 3.63) is 102 Å². The van der Waals surface area contributed by atoms with Crippen LogP contribution in [0.25, 0.3) is 0 Å². The Morgan fingerprint density at radius 1 is 0.789 bits per heavy atom. The molecule has 0 spiro atoms. The van der Waals surface area contributed by atoms with Crippen molar-refractivity contribution in [3.8, 4) is 5.75 Å². The number of para-hydroxylation sites is 1. The number of aryl methyl sites for hydroxylation is 1. The molecule has 0 radical (unpaired) electrons. The summed E-state index contributed by atoms with van der Waals surface area (Å²) in [5.74, 6) is -1.67. The minimum absolute atomic E-state index is 0.0495. The molecule has 38 heavy (non-hydrogen) atoms. The monoisotopic (exact) mass is 524 g/mol. The molecule has 1 aliphatic heterocycles.